The fraction of sp³-hybridized carbons (Fsp3) is 0.600. The SMILES string of the molecule is CC1=C(S(N)(=O)=O)CS(=O)(=O)C1. The highest BCUT2D eigenvalue weighted by atomic mass is 32.2. The summed E-state index contributed by atoms with van der Waals surface area (Å²) in [5.41, 5.74) is 0.331. The average molecular weight is 211 g/mol. The molecule has 0 aromatic heterocycles. The van der Waals surface area contributed by atoms with Gasteiger partial charge in [-0.1, -0.05) is 0 Å². The minimum absolute atomic E-state index is 0.150. The largest absolute Gasteiger partial charge is 0.235 e. The van der Waals surface area contributed by atoms with Crippen molar-refractivity contribution in [1.29, 1.82) is 0 Å². The summed E-state index contributed by atoms with van der Waals surface area (Å²) in [5.74, 6) is -0.642. The third-order valence-electron chi connectivity index (χ3n) is 1.61. The monoisotopic (exact) mass is 211 g/mol. The van der Waals surface area contributed by atoms with Gasteiger partial charge in [0.25, 0.3) is 0 Å². The van der Waals surface area contributed by atoms with E-state index in [9.17, 15) is 16.8 Å². The quantitative estimate of drug-likeness (QED) is 0.600. The predicted octanol–water partition coefficient (Wildman–Crippen LogP) is -1.02. The molecule has 0 saturated carbocycles. The molecule has 5 nitrogen and oxygen atoms in total. The van der Waals surface area contributed by atoms with E-state index in [1.807, 2.05) is 0 Å². The molecular weight excluding hydrogens is 202 g/mol. The van der Waals surface area contributed by atoms with Crippen molar-refractivity contribution in [1.82, 2.24) is 0 Å². The van der Waals surface area contributed by atoms with Crippen molar-refractivity contribution in [2.24, 2.45) is 5.14 Å². The molecule has 2 N–H and O–H groups in total. The van der Waals surface area contributed by atoms with E-state index in [0.717, 1.165) is 0 Å². The van der Waals surface area contributed by atoms with Gasteiger partial charge in [0.2, 0.25) is 10.0 Å². The maximum absolute atomic E-state index is 10.9. The summed E-state index contributed by atoms with van der Waals surface area (Å²) in [5, 5.41) is 4.80. The zero-order valence-electron chi connectivity index (χ0n) is 6.44. The lowest BCUT2D eigenvalue weighted by Crippen LogP contribution is -2.17. The zero-order valence-corrected chi connectivity index (χ0v) is 8.07. The second-order valence-corrected chi connectivity index (χ2v) is 6.43. The fourth-order valence-corrected chi connectivity index (χ4v) is 4.54. The molecule has 12 heavy (non-hydrogen) atoms. The van der Waals surface area contributed by atoms with Gasteiger partial charge in [-0.15, -0.1) is 0 Å². The molecule has 1 rings (SSSR count). The van der Waals surface area contributed by atoms with Gasteiger partial charge in [0, 0.05) is 0 Å². The van der Waals surface area contributed by atoms with E-state index < -0.39 is 25.6 Å². The average Bonchev–Trinajstić information content (AvgIpc) is 2.03. The van der Waals surface area contributed by atoms with Crippen molar-refractivity contribution >= 4 is 19.9 Å². The Labute approximate surface area is 71.2 Å². The Morgan fingerprint density at radius 1 is 1.33 bits per heavy atom. The number of sulfonamides is 1. The first-order valence-electron chi connectivity index (χ1n) is 3.14. The Hall–Kier alpha value is -0.400. The molecule has 70 valence electrons. The van der Waals surface area contributed by atoms with Crippen LogP contribution in [0, 0.1) is 0 Å². The van der Waals surface area contributed by atoms with Gasteiger partial charge in [0.05, 0.1) is 16.4 Å². The van der Waals surface area contributed by atoms with Crippen molar-refractivity contribution in [3.05, 3.63) is 10.5 Å². The van der Waals surface area contributed by atoms with Gasteiger partial charge in [-0.05, 0) is 12.5 Å². The maximum atomic E-state index is 10.9. The lowest BCUT2D eigenvalue weighted by molar-refractivity contribution is 0.597. The molecule has 0 aromatic rings. The summed E-state index contributed by atoms with van der Waals surface area (Å²) in [6.07, 6.45) is 0. The molecule has 0 radical (unpaired) electrons. The fourth-order valence-electron chi connectivity index (χ4n) is 1.11. The number of primary sulfonamides is 1. The van der Waals surface area contributed by atoms with E-state index in [1.54, 1.807) is 0 Å². The zero-order chi connectivity index (χ0) is 9.57. The van der Waals surface area contributed by atoms with E-state index >= 15 is 0 Å². The van der Waals surface area contributed by atoms with Gasteiger partial charge in [-0.3, -0.25) is 0 Å². The number of sulfone groups is 1. The summed E-state index contributed by atoms with van der Waals surface area (Å²) in [6, 6.07) is 0. The van der Waals surface area contributed by atoms with Crippen LogP contribution in [0.3, 0.4) is 0 Å². The highest BCUT2D eigenvalue weighted by Crippen LogP contribution is 2.21. The number of hydrogen-bond donors (Lipinski definition) is 1. The first-order valence-corrected chi connectivity index (χ1v) is 6.51. The second kappa shape index (κ2) is 2.54. The lowest BCUT2D eigenvalue weighted by Gasteiger charge is -1.96. The van der Waals surface area contributed by atoms with Crippen LogP contribution in [0.4, 0.5) is 0 Å². The molecular formula is C5H9NO4S2. The minimum atomic E-state index is -3.82. The Morgan fingerprint density at radius 3 is 2.00 bits per heavy atom. The molecule has 0 unspecified atom stereocenters. The molecule has 0 fully saturated rings. The van der Waals surface area contributed by atoms with Crippen LogP contribution in [0.2, 0.25) is 0 Å². The third kappa shape index (κ3) is 1.85. The van der Waals surface area contributed by atoms with Crippen LogP contribution in [0.15, 0.2) is 10.5 Å². The molecule has 1 aliphatic rings. The normalized spacial score (nSPS) is 23.2. The summed E-state index contributed by atoms with van der Waals surface area (Å²) in [7, 11) is -7.08. The smallest absolute Gasteiger partial charge is 0.228 e. The Kier molecular flexibility index (Phi) is 2.05. The van der Waals surface area contributed by atoms with Crippen LogP contribution in [0.25, 0.3) is 0 Å². The first-order chi connectivity index (χ1) is 5.22. The highest BCUT2D eigenvalue weighted by Gasteiger charge is 2.30. The van der Waals surface area contributed by atoms with Crippen LogP contribution in [0.1, 0.15) is 6.92 Å². The number of nitrogens with two attached hydrogens (primary N) is 1. The molecule has 7 heteroatoms. The van der Waals surface area contributed by atoms with Gasteiger partial charge >= 0.3 is 0 Å². The van der Waals surface area contributed by atoms with E-state index in [-0.39, 0.29) is 10.7 Å². The van der Waals surface area contributed by atoms with Crippen molar-refractivity contribution in [2.75, 3.05) is 11.5 Å². The first kappa shape index (κ1) is 9.69. The molecule has 0 bridgehead atoms. The van der Waals surface area contributed by atoms with E-state index in [1.165, 1.54) is 6.92 Å². The molecule has 0 aromatic carbocycles. The summed E-state index contributed by atoms with van der Waals surface area (Å²) in [6.45, 7) is 1.46. The Balaban J connectivity index is 3.21. The van der Waals surface area contributed by atoms with Crippen LogP contribution in [-0.4, -0.2) is 28.3 Å². The number of rotatable bonds is 1. The van der Waals surface area contributed by atoms with Crippen molar-refractivity contribution in [2.45, 2.75) is 6.92 Å². The van der Waals surface area contributed by atoms with E-state index in [2.05, 4.69) is 0 Å². The van der Waals surface area contributed by atoms with Gasteiger partial charge in [0.1, 0.15) is 0 Å². The lowest BCUT2D eigenvalue weighted by atomic mass is 10.3. The summed E-state index contributed by atoms with van der Waals surface area (Å²) in [4.78, 5) is -0.150. The topological polar surface area (TPSA) is 94.3 Å². The maximum Gasteiger partial charge on any atom is 0.235 e. The molecule has 0 spiro atoms. The summed E-state index contributed by atoms with van der Waals surface area (Å²) >= 11 is 0. The molecule has 0 atom stereocenters. The van der Waals surface area contributed by atoms with Crippen LogP contribution in [0.5, 0.6) is 0 Å². The van der Waals surface area contributed by atoms with Gasteiger partial charge in [0.15, 0.2) is 9.84 Å². The van der Waals surface area contributed by atoms with Gasteiger partial charge in [-0.25, -0.2) is 22.0 Å². The Bertz CT molecular complexity index is 428. The van der Waals surface area contributed by atoms with Crippen LogP contribution < -0.4 is 5.14 Å². The summed E-state index contributed by atoms with van der Waals surface area (Å²) < 4.78 is 43.4. The van der Waals surface area contributed by atoms with Gasteiger partial charge in [-0.2, -0.15) is 0 Å². The standard InChI is InChI=1S/C5H9NO4S2/c1-4-2-11(7,8)3-5(4)12(6,9)10/h2-3H2,1H3,(H2,6,9,10). The van der Waals surface area contributed by atoms with Crippen LogP contribution >= 0.6 is 0 Å². The molecule has 1 heterocycles. The van der Waals surface area contributed by atoms with Gasteiger partial charge < -0.3 is 0 Å². The minimum Gasteiger partial charge on any atom is -0.228 e. The number of hydrogen-bond acceptors (Lipinski definition) is 4. The molecule has 0 saturated heterocycles. The predicted molar refractivity (Wildman–Crippen MR) is 44.5 cm³/mol. The highest BCUT2D eigenvalue weighted by molar-refractivity contribution is 7.97. The Morgan fingerprint density at radius 2 is 1.83 bits per heavy atom. The van der Waals surface area contributed by atoms with Crippen molar-refractivity contribution in [3.8, 4) is 0 Å². The molecule has 0 aliphatic carbocycles. The third-order valence-corrected chi connectivity index (χ3v) is 4.57. The van der Waals surface area contributed by atoms with Crippen molar-refractivity contribution < 1.29 is 16.8 Å². The molecule has 0 amide bonds. The van der Waals surface area contributed by atoms with Crippen molar-refractivity contribution in [3.63, 3.8) is 0 Å². The van der Waals surface area contributed by atoms with Crippen LogP contribution in [-0.2, 0) is 19.9 Å². The van der Waals surface area contributed by atoms with E-state index in [4.69, 9.17) is 5.14 Å². The second-order valence-electron chi connectivity index (χ2n) is 2.78. The van der Waals surface area contributed by atoms with E-state index in [0.29, 0.717) is 5.57 Å². The molecule has 1 aliphatic heterocycles.